The summed E-state index contributed by atoms with van der Waals surface area (Å²) >= 11 is 0. The number of hydrogen-bond donors (Lipinski definition) is 2. The summed E-state index contributed by atoms with van der Waals surface area (Å²) in [6.07, 6.45) is 1.75. The summed E-state index contributed by atoms with van der Waals surface area (Å²) in [6.45, 7) is 4.81. The predicted molar refractivity (Wildman–Crippen MR) is 109 cm³/mol. The first-order chi connectivity index (χ1) is 13.7. The smallest absolute Gasteiger partial charge is 0.220 e. The van der Waals surface area contributed by atoms with Crippen LogP contribution >= 0.6 is 0 Å². The van der Waals surface area contributed by atoms with Crippen LogP contribution in [0.1, 0.15) is 37.8 Å². The van der Waals surface area contributed by atoms with E-state index in [1.54, 1.807) is 24.3 Å². The Morgan fingerprint density at radius 3 is 1.41 bits per heavy atom. The van der Waals surface area contributed by atoms with Gasteiger partial charge in [-0.1, -0.05) is 38.1 Å². The molecular formula is C23H28F2N2O2. The number of nitrogens with one attached hydrogen (secondary N) is 2. The van der Waals surface area contributed by atoms with E-state index >= 15 is 0 Å². The molecule has 2 N–H and O–H groups in total. The van der Waals surface area contributed by atoms with Gasteiger partial charge in [0.2, 0.25) is 11.8 Å². The Morgan fingerprint density at radius 2 is 1.07 bits per heavy atom. The highest BCUT2D eigenvalue weighted by Gasteiger charge is 2.20. The van der Waals surface area contributed by atoms with Crippen molar-refractivity contribution in [2.45, 2.75) is 39.5 Å². The molecule has 2 aromatic rings. The predicted octanol–water partition coefficient (Wildman–Crippen LogP) is 3.79. The van der Waals surface area contributed by atoms with Gasteiger partial charge in [-0.15, -0.1) is 0 Å². The standard InChI is InChI=1S/C23H28F2N2O2/c1-23(2,15-26-21(28)13-7-17-3-9-19(24)10-4-17)16-27-22(29)14-8-18-5-11-20(25)12-6-18/h3-6,9-12H,7-8,13-16H2,1-2H3,(H,26,28)(H,27,29). The zero-order valence-electron chi connectivity index (χ0n) is 16.9. The third-order valence-corrected chi connectivity index (χ3v) is 4.64. The Labute approximate surface area is 170 Å². The monoisotopic (exact) mass is 402 g/mol. The van der Waals surface area contributed by atoms with Crippen molar-refractivity contribution in [2.24, 2.45) is 5.41 Å². The summed E-state index contributed by atoms with van der Waals surface area (Å²) in [6, 6.07) is 12.2. The molecule has 29 heavy (non-hydrogen) atoms. The maximum absolute atomic E-state index is 12.9. The van der Waals surface area contributed by atoms with Crippen LogP contribution in [0.5, 0.6) is 0 Å². The number of carbonyl (C=O) groups is 2. The molecule has 0 aliphatic carbocycles. The van der Waals surface area contributed by atoms with E-state index in [1.165, 1.54) is 24.3 Å². The van der Waals surface area contributed by atoms with E-state index in [0.29, 0.717) is 38.8 Å². The number of aryl methyl sites for hydroxylation is 2. The summed E-state index contributed by atoms with van der Waals surface area (Å²) in [5, 5.41) is 5.78. The second-order valence-corrected chi connectivity index (χ2v) is 7.97. The van der Waals surface area contributed by atoms with Crippen LogP contribution in [-0.4, -0.2) is 24.9 Å². The summed E-state index contributed by atoms with van der Waals surface area (Å²) in [5.41, 5.74) is 1.53. The molecule has 0 atom stereocenters. The second-order valence-electron chi connectivity index (χ2n) is 7.97. The molecular weight excluding hydrogens is 374 g/mol. The van der Waals surface area contributed by atoms with Gasteiger partial charge in [-0.2, -0.15) is 0 Å². The summed E-state index contributed by atoms with van der Waals surface area (Å²) in [5.74, 6) is -0.741. The van der Waals surface area contributed by atoms with E-state index in [4.69, 9.17) is 0 Å². The molecule has 0 aromatic heterocycles. The highest BCUT2D eigenvalue weighted by molar-refractivity contribution is 5.77. The number of benzene rings is 2. The van der Waals surface area contributed by atoms with Crippen LogP contribution in [0.25, 0.3) is 0 Å². The van der Waals surface area contributed by atoms with Crippen molar-refractivity contribution >= 4 is 11.8 Å². The molecule has 0 saturated carbocycles. The van der Waals surface area contributed by atoms with Crippen LogP contribution in [0.3, 0.4) is 0 Å². The minimum absolute atomic E-state index is 0.0787. The van der Waals surface area contributed by atoms with E-state index in [9.17, 15) is 18.4 Å². The largest absolute Gasteiger partial charge is 0.355 e. The second kappa shape index (κ2) is 10.7. The van der Waals surface area contributed by atoms with Gasteiger partial charge in [0, 0.05) is 25.9 Å². The van der Waals surface area contributed by atoms with Crippen molar-refractivity contribution in [3.05, 3.63) is 71.3 Å². The first-order valence-corrected chi connectivity index (χ1v) is 9.76. The Morgan fingerprint density at radius 1 is 0.724 bits per heavy atom. The zero-order chi connectivity index (χ0) is 21.3. The fraction of sp³-hybridized carbons (Fsp3) is 0.391. The van der Waals surface area contributed by atoms with Crippen LogP contribution < -0.4 is 10.6 Å². The van der Waals surface area contributed by atoms with Crippen LogP contribution in [0.15, 0.2) is 48.5 Å². The Kier molecular flexibility index (Phi) is 8.31. The molecule has 0 saturated heterocycles. The van der Waals surface area contributed by atoms with Crippen LogP contribution in [0.2, 0.25) is 0 Å². The minimum atomic E-state index is -0.295. The Bertz CT molecular complexity index is 735. The molecule has 0 spiro atoms. The van der Waals surface area contributed by atoms with Gasteiger partial charge in [0.25, 0.3) is 0 Å². The molecule has 0 aliphatic heterocycles. The lowest BCUT2D eigenvalue weighted by molar-refractivity contribution is -0.121. The summed E-state index contributed by atoms with van der Waals surface area (Å²) in [4.78, 5) is 24.1. The zero-order valence-corrected chi connectivity index (χ0v) is 16.9. The first-order valence-electron chi connectivity index (χ1n) is 9.76. The topological polar surface area (TPSA) is 58.2 Å². The number of hydrogen-bond acceptors (Lipinski definition) is 2. The average Bonchev–Trinajstić information content (AvgIpc) is 2.70. The average molecular weight is 402 g/mol. The van der Waals surface area contributed by atoms with E-state index in [2.05, 4.69) is 10.6 Å². The maximum Gasteiger partial charge on any atom is 0.220 e. The van der Waals surface area contributed by atoms with Gasteiger partial charge in [0.1, 0.15) is 11.6 Å². The van der Waals surface area contributed by atoms with Crippen molar-refractivity contribution in [3.8, 4) is 0 Å². The molecule has 2 aromatic carbocycles. The minimum Gasteiger partial charge on any atom is -0.355 e. The number of rotatable bonds is 10. The molecule has 4 nitrogen and oxygen atoms in total. The lowest BCUT2D eigenvalue weighted by Gasteiger charge is -2.25. The lowest BCUT2D eigenvalue weighted by atomic mass is 9.93. The fourth-order valence-electron chi connectivity index (χ4n) is 2.73. The molecule has 156 valence electrons. The Hall–Kier alpha value is -2.76. The maximum atomic E-state index is 12.9. The van der Waals surface area contributed by atoms with Crippen molar-refractivity contribution in [1.82, 2.24) is 10.6 Å². The molecule has 0 fully saturated rings. The number of carbonyl (C=O) groups excluding carboxylic acids is 2. The third-order valence-electron chi connectivity index (χ3n) is 4.64. The quantitative estimate of drug-likeness (QED) is 0.635. The molecule has 2 rings (SSSR count). The van der Waals surface area contributed by atoms with Gasteiger partial charge in [0.05, 0.1) is 0 Å². The molecule has 0 unspecified atom stereocenters. The SMILES string of the molecule is CC(C)(CNC(=O)CCc1ccc(F)cc1)CNC(=O)CCc1ccc(F)cc1. The first kappa shape index (κ1) is 22.5. The van der Waals surface area contributed by atoms with Crippen LogP contribution in [-0.2, 0) is 22.4 Å². The Balaban J connectivity index is 1.64. The molecule has 2 amide bonds. The van der Waals surface area contributed by atoms with Gasteiger partial charge < -0.3 is 10.6 Å². The molecule has 0 aliphatic rings. The number of amides is 2. The van der Waals surface area contributed by atoms with E-state index in [1.807, 2.05) is 13.8 Å². The van der Waals surface area contributed by atoms with Crippen molar-refractivity contribution in [2.75, 3.05) is 13.1 Å². The number of halogens is 2. The van der Waals surface area contributed by atoms with Crippen LogP contribution in [0, 0.1) is 17.0 Å². The fourth-order valence-corrected chi connectivity index (χ4v) is 2.73. The van der Waals surface area contributed by atoms with Crippen molar-refractivity contribution < 1.29 is 18.4 Å². The van der Waals surface area contributed by atoms with Gasteiger partial charge in [-0.05, 0) is 53.6 Å². The van der Waals surface area contributed by atoms with E-state index in [0.717, 1.165) is 11.1 Å². The lowest BCUT2D eigenvalue weighted by Crippen LogP contribution is -2.42. The van der Waals surface area contributed by atoms with E-state index in [-0.39, 0.29) is 28.9 Å². The molecule has 0 bridgehead atoms. The molecule has 6 heteroatoms. The van der Waals surface area contributed by atoms with Gasteiger partial charge in [-0.25, -0.2) is 8.78 Å². The van der Waals surface area contributed by atoms with Gasteiger partial charge in [0.15, 0.2) is 0 Å². The normalized spacial score (nSPS) is 11.2. The van der Waals surface area contributed by atoms with Gasteiger partial charge in [-0.3, -0.25) is 9.59 Å². The third kappa shape index (κ3) is 8.85. The van der Waals surface area contributed by atoms with Crippen molar-refractivity contribution in [3.63, 3.8) is 0 Å². The summed E-state index contributed by atoms with van der Waals surface area (Å²) < 4.78 is 25.8. The van der Waals surface area contributed by atoms with Gasteiger partial charge >= 0.3 is 0 Å². The van der Waals surface area contributed by atoms with E-state index < -0.39 is 0 Å². The summed E-state index contributed by atoms with van der Waals surface area (Å²) in [7, 11) is 0. The van der Waals surface area contributed by atoms with Crippen LogP contribution in [0.4, 0.5) is 8.78 Å². The highest BCUT2D eigenvalue weighted by Crippen LogP contribution is 2.13. The molecule has 0 heterocycles. The molecule has 0 radical (unpaired) electrons. The van der Waals surface area contributed by atoms with Crippen molar-refractivity contribution in [1.29, 1.82) is 0 Å². The highest BCUT2D eigenvalue weighted by atomic mass is 19.1.